The molecule has 35 heavy (non-hydrogen) atoms. The lowest BCUT2D eigenvalue weighted by Crippen LogP contribution is -2.32. The molecule has 2 aromatic carbocycles. The zero-order valence-corrected chi connectivity index (χ0v) is 21.8. The van der Waals surface area contributed by atoms with Gasteiger partial charge in [-0.1, -0.05) is 30.0 Å². The number of aromatic nitrogens is 1. The smallest absolute Gasteiger partial charge is 0.238 e. The number of aryl methyl sites for hydroxylation is 2. The summed E-state index contributed by atoms with van der Waals surface area (Å²) in [6.07, 6.45) is 5.17. The van der Waals surface area contributed by atoms with Gasteiger partial charge in [0.2, 0.25) is 11.8 Å². The lowest BCUT2D eigenvalue weighted by molar-refractivity contribution is -0.123. The summed E-state index contributed by atoms with van der Waals surface area (Å²) in [5.74, 6) is 0.745. The predicted molar refractivity (Wildman–Crippen MR) is 140 cm³/mol. The van der Waals surface area contributed by atoms with E-state index in [1.165, 1.54) is 16.0 Å². The summed E-state index contributed by atoms with van der Waals surface area (Å²) in [5.41, 5.74) is 6.75. The van der Waals surface area contributed by atoms with Gasteiger partial charge in [0.05, 0.1) is 27.7 Å². The van der Waals surface area contributed by atoms with E-state index in [0.29, 0.717) is 5.69 Å². The van der Waals surface area contributed by atoms with Gasteiger partial charge in [0.15, 0.2) is 10.1 Å². The van der Waals surface area contributed by atoms with Crippen molar-refractivity contribution in [2.24, 2.45) is 23.7 Å². The van der Waals surface area contributed by atoms with E-state index < -0.39 is 0 Å². The normalized spacial score (nSPS) is 24.7. The van der Waals surface area contributed by atoms with E-state index >= 15 is 0 Å². The number of imide groups is 1. The van der Waals surface area contributed by atoms with Crippen molar-refractivity contribution in [3.63, 3.8) is 0 Å². The number of carbonyl (C=O) groups is 3. The van der Waals surface area contributed by atoms with E-state index in [4.69, 9.17) is 4.98 Å². The molecule has 1 saturated heterocycles. The molecule has 2 heterocycles. The van der Waals surface area contributed by atoms with E-state index in [0.717, 1.165) is 43.4 Å². The molecule has 2 bridgehead atoms. The molecule has 2 fully saturated rings. The molecule has 5 nitrogen and oxygen atoms in total. The number of rotatable bonds is 5. The minimum atomic E-state index is -0.193. The molecule has 7 heteroatoms. The van der Waals surface area contributed by atoms with Crippen LogP contribution in [0, 0.1) is 44.4 Å². The van der Waals surface area contributed by atoms with Gasteiger partial charge in [-0.05, 0) is 86.4 Å². The van der Waals surface area contributed by atoms with Crippen LogP contribution in [-0.4, -0.2) is 22.6 Å². The molecule has 3 aliphatic rings. The van der Waals surface area contributed by atoms with Gasteiger partial charge in [-0.25, -0.2) is 9.88 Å². The highest BCUT2D eigenvalue weighted by atomic mass is 32.2. The van der Waals surface area contributed by atoms with Crippen LogP contribution in [0.4, 0.5) is 5.69 Å². The van der Waals surface area contributed by atoms with E-state index in [1.807, 2.05) is 32.0 Å². The second-order valence-corrected chi connectivity index (χ2v) is 12.2. The second kappa shape index (κ2) is 8.14. The molecule has 0 N–H and O–H groups in total. The molecule has 3 aromatic rings. The van der Waals surface area contributed by atoms with Gasteiger partial charge in [-0.2, -0.15) is 0 Å². The fraction of sp³-hybridized carbons (Fsp3) is 0.357. The molecular weight excluding hydrogens is 476 g/mol. The van der Waals surface area contributed by atoms with Gasteiger partial charge in [-0.3, -0.25) is 14.4 Å². The number of fused-ring (bicyclic) bond motifs is 6. The van der Waals surface area contributed by atoms with Gasteiger partial charge >= 0.3 is 0 Å². The number of thioether (sulfide) groups is 1. The number of hydrogen-bond donors (Lipinski definition) is 0. The van der Waals surface area contributed by atoms with Crippen LogP contribution in [0.2, 0.25) is 0 Å². The number of thiazole rings is 1. The monoisotopic (exact) mass is 502 g/mol. The first-order chi connectivity index (χ1) is 16.7. The van der Waals surface area contributed by atoms with Gasteiger partial charge in [-0.15, -0.1) is 11.3 Å². The Bertz CT molecular complexity index is 1440. The third kappa shape index (κ3) is 3.43. The maximum absolute atomic E-state index is 13.2. The maximum atomic E-state index is 13.2. The van der Waals surface area contributed by atoms with Crippen molar-refractivity contribution in [1.29, 1.82) is 0 Å². The molecule has 1 aromatic heterocycles. The number of benzene rings is 2. The quantitative estimate of drug-likeness (QED) is 0.184. The minimum absolute atomic E-state index is 0.0538. The summed E-state index contributed by atoms with van der Waals surface area (Å²) < 4.78 is 1.89. The van der Waals surface area contributed by atoms with Crippen LogP contribution in [0.3, 0.4) is 0 Å². The van der Waals surface area contributed by atoms with E-state index in [2.05, 4.69) is 25.1 Å². The van der Waals surface area contributed by atoms with Gasteiger partial charge < -0.3 is 0 Å². The lowest BCUT2D eigenvalue weighted by Gasteiger charge is -2.17. The van der Waals surface area contributed by atoms with Crippen LogP contribution < -0.4 is 4.90 Å². The van der Waals surface area contributed by atoms with Gasteiger partial charge in [0, 0.05) is 11.3 Å². The maximum Gasteiger partial charge on any atom is 0.238 e. The topological polar surface area (TPSA) is 67.3 Å². The number of anilines is 1. The van der Waals surface area contributed by atoms with Crippen molar-refractivity contribution in [1.82, 2.24) is 4.98 Å². The Kier molecular flexibility index (Phi) is 5.27. The zero-order valence-electron chi connectivity index (χ0n) is 20.1. The average Bonchev–Trinajstić information content (AvgIpc) is 3.55. The molecule has 0 spiro atoms. The van der Waals surface area contributed by atoms with Crippen molar-refractivity contribution in [2.45, 2.75) is 44.2 Å². The van der Waals surface area contributed by atoms with Crippen LogP contribution in [0.1, 0.15) is 46.0 Å². The first-order valence-corrected chi connectivity index (χ1v) is 13.7. The van der Waals surface area contributed by atoms with Crippen molar-refractivity contribution < 1.29 is 14.4 Å². The average molecular weight is 503 g/mol. The summed E-state index contributed by atoms with van der Waals surface area (Å²) in [7, 11) is 0. The molecule has 4 atom stereocenters. The van der Waals surface area contributed by atoms with Crippen molar-refractivity contribution in [3.8, 4) is 0 Å². The number of Topliss-reactive ketones (excluding diaryl/α,β-unsaturated/α-hetero) is 1. The third-order valence-corrected chi connectivity index (χ3v) is 10.1. The van der Waals surface area contributed by atoms with Crippen LogP contribution >= 0.6 is 23.1 Å². The summed E-state index contributed by atoms with van der Waals surface area (Å²) >= 11 is 3.23. The predicted octanol–water partition coefficient (Wildman–Crippen LogP) is 6.03. The summed E-state index contributed by atoms with van der Waals surface area (Å²) in [6, 6.07) is 7.77. The summed E-state index contributed by atoms with van der Waals surface area (Å²) in [4.78, 5) is 44.7. The number of carbonyl (C=O) groups excluding carboxylic acids is 3. The standard InChI is InChI=1S/C28H26N2O3S2/c1-13-9-14(2)23(16(4)31)15(3)20(13)12-34-28-29-21-8-7-19(11-22(21)35-28)30-26(32)24-17-5-6-18(10-17)25(24)27(30)33/h5-9,11,17-18,24-25H,10,12H2,1-4H3/t17-,18-,24-,25-/m0/s1. The molecule has 0 unspecified atom stereocenters. The number of ketones is 1. The molecule has 178 valence electrons. The first kappa shape index (κ1) is 22.7. The number of hydrogen-bond acceptors (Lipinski definition) is 6. The Morgan fingerprint density at radius 3 is 2.40 bits per heavy atom. The summed E-state index contributed by atoms with van der Waals surface area (Å²) in [6.45, 7) is 7.73. The Morgan fingerprint density at radius 2 is 1.74 bits per heavy atom. The molecular formula is C28H26N2O3S2. The molecule has 2 amide bonds. The highest BCUT2D eigenvalue weighted by molar-refractivity contribution is 8.00. The fourth-order valence-corrected chi connectivity index (χ4v) is 8.66. The minimum Gasteiger partial charge on any atom is -0.294 e. The van der Waals surface area contributed by atoms with Gasteiger partial charge in [0.25, 0.3) is 0 Å². The van der Waals surface area contributed by atoms with Crippen LogP contribution in [0.5, 0.6) is 0 Å². The fourth-order valence-electron chi connectivity index (χ4n) is 6.37. The summed E-state index contributed by atoms with van der Waals surface area (Å²) in [5, 5.41) is 0. The zero-order chi connectivity index (χ0) is 24.6. The molecule has 2 aliphatic carbocycles. The first-order valence-electron chi connectivity index (χ1n) is 11.9. The largest absolute Gasteiger partial charge is 0.294 e. The SMILES string of the molecule is CC(=O)c1c(C)cc(C)c(CSc2nc3ccc(N4C(=O)[C@@H]5[C@@H](C4=O)[C@H]4C=C[C@H]5C4)cc3s2)c1C. The van der Waals surface area contributed by atoms with Crippen molar-refractivity contribution >= 4 is 56.6 Å². The lowest BCUT2D eigenvalue weighted by atomic mass is 9.85. The molecule has 0 radical (unpaired) electrons. The van der Waals surface area contributed by atoms with Crippen molar-refractivity contribution in [2.75, 3.05) is 4.90 Å². The second-order valence-electron chi connectivity index (χ2n) is 9.98. The number of allylic oxidation sites excluding steroid dienone is 2. The third-order valence-electron chi connectivity index (χ3n) is 7.90. The Labute approximate surface area is 212 Å². The highest BCUT2D eigenvalue weighted by Crippen LogP contribution is 2.53. The Morgan fingerprint density at radius 1 is 1.06 bits per heavy atom. The molecule has 1 aliphatic heterocycles. The Hall–Kier alpha value is -2.77. The number of amides is 2. The van der Waals surface area contributed by atoms with E-state index in [9.17, 15) is 14.4 Å². The Balaban J connectivity index is 1.26. The molecule has 6 rings (SSSR count). The van der Waals surface area contributed by atoms with E-state index in [1.54, 1.807) is 30.0 Å². The number of nitrogens with zero attached hydrogens (tertiary/aromatic N) is 2. The van der Waals surface area contributed by atoms with Crippen molar-refractivity contribution in [3.05, 3.63) is 64.2 Å². The highest BCUT2D eigenvalue weighted by Gasteiger charge is 2.59. The van der Waals surface area contributed by atoms with Crippen LogP contribution in [0.15, 0.2) is 40.8 Å². The van der Waals surface area contributed by atoms with Crippen LogP contribution in [0.25, 0.3) is 10.2 Å². The van der Waals surface area contributed by atoms with Crippen LogP contribution in [-0.2, 0) is 15.3 Å². The van der Waals surface area contributed by atoms with E-state index in [-0.39, 0.29) is 41.3 Å². The molecule has 1 saturated carbocycles. The van der Waals surface area contributed by atoms with Gasteiger partial charge in [0.1, 0.15) is 0 Å².